The summed E-state index contributed by atoms with van der Waals surface area (Å²) >= 11 is 0. The summed E-state index contributed by atoms with van der Waals surface area (Å²) in [6.45, 7) is 1.51. The van der Waals surface area contributed by atoms with Gasteiger partial charge in [0.15, 0.2) is 0 Å². The fraction of sp³-hybridized carbons (Fsp3) is 0.667. The van der Waals surface area contributed by atoms with Crippen LogP contribution in [0.2, 0.25) is 0 Å². The predicted octanol–water partition coefficient (Wildman–Crippen LogP) is 4.34. The smallest absolute Gasteiger partial charge is 0.382 e. The van der Waals surface area contributed by atoms with Crippen molar-refractivity contribution in [3.8, 4) is 0 Å². The Hall–Kier alpha value is -1.23. The van der Waals surface area contributed by atoms with Gasteiger partial charge in [-0.2, -0.15) is 13.2 Å². The van der Waals surface area contributed by atoms with Crippen molar-refractivity contribution in [2.75, 3.05) is 5.32 Å². The maximum absolute atomic E-state index is 13.0. The highest BCUT2D eigenvalue weighted by molar-refractivity contribution is 5.50. The van der Waals surface area contributed by atoms with Crippen molar-refractivity contribution in [1.29, 1.82) is 0 Å². The third-order valence-electron chi connectivity index (χ3n) is 6.01. The van der Waals surface area contributed by atoms with Crippen molar-refractivity contribution in [3.05, 3.63) is 29.3 Å². The number of alkyl halides is 3. The van der Waals surface area contributed by atoms with E-state index >= 15 is 0 Å². The molecule has 126 valence electrons. The van der Waals surface area contributed by atoms with E-state index < -0.39 is 11.7 Å². The fourth-order valence-corrected chi connectivity index (χ4v) is 4.50. The van der Waals surface area contributed by atoms with Crippen LogP contribution in [0.5, 0.6) is 0 Å². The number of halogens is 3. The summed E-state index contributed by atoms with van der Waals surface area (Å²) in [4.78, 5) is 0. The lowest BCUT2D eigenvalue weighted by molar-refractivity contribution is -0.138. The quantitative estimate of drug-likeness (QED) is 0.811. The lowest BCUT2D eigenvalue weighted by Crippen LogP contribution is -2.36. The minimum Gasteiger partial charge on any atom is -0.382 e. The van der Waals surface area contributed by atoms with Gasteiger partial charge in [-0.1, -0.05) is 6.07 Å². The first-order valence-corrected chi connectivity index (χ1v) is 8.62. The second-order valence-corrected chi connectivity index (χ2v) is 7.48. The van der Waals surface area contributed by atoms with E-state index in [9.17, 15) is 13.2 Å². The van der Waals surface area contributed by atoms with Crippen LogP contribution in [0, 0.1) is 18.8 Å². The van der Waals surface area contributed by atoms with Crippen molar-refractivity contribution in [1.82, 2.24) is 5.32 Å². The molecule has 5 heteroatoms. The van der Waals surface area contributed by atoms with Gasteiger partial charge in [-0.25, -0.2) is 0 Å². The van der Waals surface area contributed by atoms with E-state index in [1.165, 1.54) is 32.3 Å². The van der Waals surface area contributed by atoms with Crippen LogP contribution in [-0.4, -0.2) is 18.1 Å². The molecule has 23 heavy (non-hydrogen) atoms. The number of hydrogen-bond donors (Lipinski definition) is 2. The first-order chi connectivity index (χ1) is 10.9. The van der Waals surface area contributed by atoms with Crippen LogP contribution in [0.25, 0.3) is 0 Å². The van der Waals surface area contributed by atoms with Crippen LogP contribution >= 0.6 is 0 Å². The van der Waals surface area contributed by atoms with Crippen LogP contribution in [-0.2, 0) is 6.18 Å². The number of aryl methyl sites for hydroxylation is 1. The molecule has 1 aromatic rings. The van der Waals surface area contributed by atoms with Gasteiger partial charge in [0.25, 0.3) is 0 Å². The maximum Gasteiger partial charge on any atom is 0.416 e. The Morgan fingerprint density at radius 1 is 1.13 bits per heavy atom. The second-order valence-electron chi connectivity index (χ2n) is 7.48. The molecule has 0 amide bonds. The maximum atomic E-state index is 13.0. The van der Waals surface area contributed by atoms with Gasteiger partial charge in [0.1, 0.15) is 0 Å². The number of fused-ring (bicyclic) bond motifs is 1. The van der Waals surface area contributed by atoms with E-state index in [2.05, 4.69) is 10.6 Å². The van der Waals surface area contributed by atoms with Gasteiger partial charge in [-0.15, -0.1) is 0 Å². The Bertz CT molecular complexity index is 590. The fourth-order valence-electron chi connectivity index (χ4n) is 4.50. The van der Waals surface area contributed by atoms with Crippen molar-refractivity contribution in [3.63, 3.8) is 0 Å². The Kier molecular flexibility index (Phi) is 3.59. The number of anilines is 1. The van der Waals surface area contributed by atoms with Crippen molar-refractivity contribution in [2.45, 2.75) is 63.3 Å². The first-order valence-electron chi connectivity index (χ1n) is 8.62. The molecule has 1 aromatic carbocycles. The molecule has 1 heterocycles. The Labute approximate surface area is 134 Å². The monoisotopic (exact) mass is 324 g/mol. The normalized spacial score (nSPS) is 36.1. The molecule has 0 aromatic heterocycles. The van der Waals surface area contributed by atoms with Gasteiger partial charge < -0.3 is 10.6 Å². The lowest BCUT2D eigenvalue weighted by atomic mass is 9.69. The molecule has 3 fully saturated rings. The summed E-state index contributed by atoms with van der Waals surface area (Å²) in [5.41, 5.74) is 0.346. The minimum absolute atomic E-state index is 0.281. The highest BCUT2D eigenvalue weighted by Crippen LogP contribution is 2.48. The van der Waals surface area contributed by atoms with Crippen molar-refractivity contribution in [2.24, 2.45) is 11.8 Å². The van der Waals surface area contributed by atoms with Crippen LogP contribution in [0.15, 0.2) is 18.2 Å². The van der Waals surface area contributed by atoms with Crippen LogP contribution in [0.1, 0.15) is 43.2 Å². The van der Waals surface area contributed by atoms with Gasteiger partial charge in [0.2, 0.25) is 0 Å². The number of rotatable bonds is 3. The average Bonchev–Trinajstić information content (AvgIpc) is 3.12. The van der Waals surface area contributed by atoms with E-state index in [4.69, 9.17) is 0 Å². The summed E-state index contributed by atoms with van der Waals surface area (Å²) in [5, 5.41) is 6.83. The topological polar surface area (TPSA) is 34.0 Å². The molecular weight excluding hydrogens is 301 g/mol. The second kappa shape index (κ2) is 5.40. The van der Waals surface area contributed by atoms with E-state index in [0.29, 0.717) is 11.7 Å². The average molecular weight is 324 g/mol. The Morgan fingerprint density at radius 2 is 1.87 bits per heavy atom. The zero-order valence-corrected chi connectivity index (χ0v) is 13.3. The highest BCUT2D eigenvalue weighted by atomic mass is 19.4. The molecule has 2 nitrogen and oxygen atoms in total. The number of benzene rings is 1. The van der Waals surface area contributed by atoms with E-state index in [-0.39, 0.29) is 5.56 Å². The number of hydrogen-bond acceptors (Lipinski definition) is 2. The zero-order chi connectivity index (χ0) is 16.2. The summed E-state index contributed by atoms with van der Waals surface area (Å²) in [7, 11) is 0. The summed E-state index contributed by atoms with van der Waals surface area (Å²) in [5.74, 6) is 1.67. The zero-order valence-electron chi connectivity index (χ0n) is 13.3. The molecule has 2 aliphatic carbocycles. The molecule has 0 bridgehead atoms. The summed E-state index contributed by atoms with van der Waals surface area (Å²) < 4.78 is 39.0. The summed E-state index contributed by atoms with van der Waals surface area (Å²) in [6.07, 6.45) is 1.58. The lowest BCUT2D eigenvalue weighted by Gasteiger charge is -2.37. The van der Waals surface area contributed by atoms with Crippen molar-refractivity contribution >= 4 is 5.69 Å². The third-order valence-corrected chi connectivity index (χ3v) is 6.01. The number of nitrogens with one attached hydrogen (secondary N) is 2. The van der Waals surface area contributed by atoms with Gasteiger partial charge in [-0.05, 0) is 68.6 Å². The molecule has 3 aliphatic rings. The Balaban J connectivity index is 1.35. The van der Waals surface area contributed by atoms with Gasteiger partial charge in [0, 0.05) is 23.8 Å². The Morgan fingerprint density at radius 3 is 2.43 bits per heavy atom. The van der Waals surface area contributed by atoms with Gasteiger partial charge in [-0.3, -0.25) is 0 Å². The standard InChI is InChI=1S/C18H23F3N2/c1-10-2-5-13(8-15(10)18(19,20)21)22-12-6-3-11(4-7-12)14-9-16-17(14)23-16/h2,5,8,11-12,14,16-17,22-23H,3-4,6-7,9H2,1H3/t11?,12?,14-,16?,17?/m0/s1. The van der Waals surface area contributed by atoms with Crippen LogP contribution in [0.4, 0.5) is 18.9 Å². The minimum atomic E-state index is -4.28. The molecule has 3 atom stereocenters. The SMILES string of the molecule is Cc1ccc(NC2CCC([C@@H]3CC4NC43)CC2)cc1C(F)(F)F. The van der Waals surface area contributed by atoms with E-state index in [1.807, 2.05) is 0 Å². The summed E-state index contributed by atoms with van der Waals surface area (Å²) in [6, 6.07) is 6.48. The first kappa shape index (κ1) is 15.3. The van der Waals surface area contributed by atoms with E-state index in [1.54, 1.807) is 12.1 Å². The van der Waals surface area contributed by atoms with Crippen LogP contribution < -0.4 is 10.6 Å². The molecule has 0 spiro atoms. The van der Waals surface area contributed by atoms with Gasteiger partial charge in [0.05, 0.1) is 5.56 Å². The molecule has 4 rings (SSSR count). The van der Waals surface area contributed by atoms with Crippen LogP contribution in [0.3, 0.4) is 0 Å². The predicted molar refractivity (Wildman–Crippen MR) is 84.4 cm³/mol. The van der Waals surface area contributed by atoms with Gasteiger partial charge >= 0.3 is 6.18 Å². The molecule has 2 N–H and O–H groups in total. The molecule has 0 radical (unpaired) electrons. The molecular formula is C18H23F3N2. The largest absolute Gasteiger partial charge is 0.416 e. The van der Waals surface area contributed by atoms with Crippen molar-refractivity contribution < 1.29 is 13.2 Å². The molecule has 1 aliphatic heterocycles. The highest BCUT2D eigenvalue weighted by Gasteiger charge is 2.55. The molecule has 2 unspecified atom stereocenters. The van der Waals surface area contributed by atoms with E-state index in [0.717, 1.165) is 36.8 Å². The molecule has 1 saturated heterocycles. The molecule has 2 saturated carbocycles. The third kappa shape index (κ3) is 2.95.